The van der Waals surface area contributed by atoms with Crippen molar-refractivity contribution in [3.8, 4) is 16.9 Å². The maximum absolute atomic E-state index is 13.8. The summed E-state index contributed by atoms with van der Waals surface area (Å²) >= 11 is 0. The van der Waals surface area contributed by atoms with Gasteiger partial charge >= 0.3 is 6.18 Å². The number of carbonyl (C=O) groups excluding carboxylic acids is 2. The van der Waals surface area contributed by atoms with Gasteiger partial charge in [0.15, 0.2) is 0 Å². The summed E-state index contributed by atoms with van der Waals surface area (Å²) in [6.07, 6.45) is -0.546. The van der Waals surface area contributed by atoms with Gasteiger partial charge in [-0.15, -0.1) is 0 Å². The maximum Gasteiger partial charge on any atom is 0.433 e. The summed E-state index contributed by atoms with van der Waals surface area (Å²) in [6.45, 7) is 0.405. The summed E-state index contributed by atoms with van der Waals surface area (Å²) in [4.78, 5) is 35.4. The number of anilines is 1. The third-order valence-corrected chi connectivity index (χ3v) is 6.17. The summed E-state index contributed by atoms with van der Waals surface area (Å²) in [5.74, 6) is -0.666. The lowest BCUT2D eigenvalue weighted by atomic mass is 10.1. The van der Waals surface area contributed by atoms with Gasteiger partial charge in [-0.25, -0.2) is 9.67 Å². The standard InChI is InChI=1S/C30H23F3N6O2/c1-38(19-20-7-3-2-4-8-20)29(41)22-10-5-9-21(15-22)28(40)36-27-13-12-24(18-35-27)39-26(30(31,32)33)16-25(37-39)23-11-6-14-34-17-23/h2-18H,19H2,1H3,(H,35,36,40). The molecule has 0 spiro atoms. The Balaban J connectivity index is 1.31. The van der Waals surface area contributed by atoms with E-state index < -0.39 is 17.8 Å². The average molecular weight is 557 g/mol. The second-order valence-electron chi connectivity index (χ2n) is 9.15. The van der Waals surface area contributed by atoms with Crippen molar-refractivity contribution in [1.82, 2.24) is 24.6 Å². The molecule has 41 heavy (non-hydrogen) atoms. The number of nitrogens with one attached hydrogen (secondary N) is 1. The van der Waals surface area contributed by atoms with E-state index in [-0.39, 0.29) is 28.7 Å². The molecule has 0 radical (unpaired) electrons. The second-order valence-corrected chi connectivity index (χ2v) is 9.15. The van der Waals surface area contributed by atoms with Gasteiger partial charge in [-0.1, -0.05) is 36.4 Å². The molecule has 2 aromatic carbocycles. The third-order valence-electron chi connectivity index (χ3n) is 6.17. The highest BCUT2D eigenvalue weighted by Crippen LogP contribution is 2.34. The first-order valence-corrected chi connectivity index (χ1v) is 12.4. The Morgan fingerprint density at radius 3 is 2.37 bits per heavy atom. The molecule has 2 amide bonds. The van der Waals surface area contributed by atoms with E-state index in [1.165, 1.54) is 36.8 Å². The van der Waals surface area contributed by atoms with Crippen LogP contribution in [-0.4, -0.2) is 43.5 Å². The van der Waals surface area contributed by atoms with Crippen LogP contribution in [0.25, 0.3) is 16.9 Å². The average Bonchev–Trinajstić information content (AvgIpc) is 3.45. The Morgan fingerprint density at radius 1 is 0.902 bits per heavy atom. The summed E-state index contributed by atoms with van der Waals surface area (Å²) < 4.78 is 42.1. The number of nitrogens with zero attached hydrogens (tertiary/aromatic N) is 5. The fourth-order valence-corrected chi connectivity index (χ4v) is 4.15. The predicted octanol–water partition coefficient (Wildman–Crippen LogP) is 5.87. The summed E-state index contributed by atoms with van der Waals surface area (Å²) in [7, 11) is 1.68. The molecular weight excluding hydrogens is 533 g/mol. The van der Waals surface area contributed by atoms with Gasteiger partial charge in [0.2, 0.25) is 0 Å². The Hall–Kier alpha value is -5.32. The third kappa shape index (κ3) is 6.30. The first-order chi connectivity index (χ1) is 19.7. The van der Waals surface area contributed by atoms with Crippen molar-refractivity contribution in [3.05, 3.63) is 126 Å². The molecule has 5 aromatic rings. The van der Waals surface area contributed by atoms with Gasteiger partial charge in [0.1, 0.15) is 11.5 Å². The largest absolute Gasteiger partial charge is 0.433 e. The predicted molar refractivity (Wildman–Crippen MR) is 146 cm³/mol. The van der Waals surface area contributed by atoms with Crippen molar-refractivity contribution in [2.75, 3.05) is 12.4 Å². The van der Waals surface area contributed by atoms with Crippen molar-refractivity contribution < 1.29 is 22.8 Å². The van der Waals surface area contributed by atoms with Crippen LogP contribution in [0.5, 0.6) is 0 Å². The van der Waals surface area contributed by atoms with Crippen LogP contribution in [0, 0.1) is 0 Å². The van der Waals surface area contributed by atoms with E-state index in [0.29, 0.717) is 17.7 Å². The molecule has 3 aromatic heterocycles. The SMILES string of the molecule is CN(Cc1ccccc1)C(=O)c1cccc(C(=O)Nc2ccc(-n3nc(-c4cccnc4)cc3C(F)(F)F)cn2)c1. The molecule has 206 valence electrons. The van der Waals surface area contributed by atoms with Crippen LogP contribution in [0.3, 0.4) is 0 Å². The number of amides is 2. The van der Waals surface area contributed by atoms with Crippen LogP contribution in [0.4, 0.5) is 19.0 Å². The molecule has 1 N–H and O–H groups in total. The summed E-state index contributed by atoms with van der Waals surface area (Å²) in [6, 6.07) is 22.7. The lowest BCUT2D eigenvalue weighted by Gasteiger charge is -2.17. The van der Waals surface area contributed by atoms with Crippen LogP contribution >= 0.6 is 0 Å². The zero-order valence-electron chi connectivity index (χ0n) is 21.7. The van der Waals surface area contributed by atoms with Crippen molar-refractivity contribution in [1.29, 1.82) is 0 Å². The zero-order valence-corrected chi connectivity index (χ0v) is 21.7. The smallest absolute Gasteiger partial charge is 0.337 e. The quantitative estimate of drug-likeness (QED) is 0.271. The molecule has 0 saturated heterocycles. The molecule has 11 heteroatoms. The van der Waals surface area contributed by atoms with E-state index in [4.69, 9.17) is 0 Å². The lowest BCUT2D eigenvalue weighted by molar-refractivity contribution is -0.142. The molecule has 0 bridgehead atoms. The van der Waals surface area contributed by atoms with Crippen LogP contribution in [-0.2, 0) is 12.7 Å². The fraction of sp³-hybridized carbons (Fsp3) is 0.100. The highest BCUT2D eigenvalue weighted by molar-refractivity contribution is 6.05. The molecule has 5 rings (SSSR count). The van der Waals surface area contributed by atoms with Crippen molar-refractivity contribution in [2.45, 2.75) is 12.7 Å². The minimum Gasteiger partial charge on any atom is -0.337 e. The van der Waals surface area contributed by atoms with Crippen molar-refractivity contribution >= 4 is 17.6 Å². The maximum atomic E-state index is 13.8. The first kappa shape index (κ1) is 27.3. The molecular formula is C30H23F3N6O2. The number of hydrogen-bond donors (Lipinski definition) is 1. The fourth-order valence-electron chi connectivity index (χ4n) is 4.15. The molecule has 0 aliphatic heterocycles. The van der Waals surface area contributed by atoms with Crippen LogP contribution in [0.15, 0.2) is 104 Å². The van der Waals surface area contributed by atoms with E-state index in [1.54, 1.807) is 42.3 Å². The number of carbonyl (C=O) groups is 2. The number of rotatable bonds is 7. The van der Waals surface area contributed by atoms with Gasteiger partial charge in [0, 0.05) is 42.7 Å². The van der Waals surface area contributed by atoms with E-state index in [2.05, 4.69) is 20.4 Å². The van der Waals surface area contributed by atoms with E-state index in [0.717, 1.165) is 16.3 Å². The van der Waals surface area contributed by atoms with Gasteiger partial charge < -0.3 is 10.2 Å². The molecule has 0 atom stereocenters. The van der Waals surface area contributed by atoms with E-state index in [9.17, 15) is 22.8 Å². The number of pyridine rings is 2. The molecule has 0 aliphatic carbocycles. The minimum absolute atomic E-state index is 0.0551. The Kier molecular flexibility index (Phi) is 7.59. The summed E-state index contributed by atoms with van der Waals surface area (Å²) in [5.41, 5.74) is 1.14. The second kappa shape index (κ2) is 11.4. The monoisotopic (exact) mass is 556 g/mol. The summed E-state index contributed by atoms with van der Waals surface area (Å²) in [5, 5.41) is 6.73. The number of benzene rings is 2. The van der Waals surface area contributed by atoms with Gasteiger partial charge in [-0.05, 0) is 54.1 Å². The molecule has 0 saturated carbocycles. The zero-order chi connectivity index (χ0) is 29.0. The minimum atomic E-state index is -4.67. The number of alkyl halides is 3. The Morgan fingerprint density at radius 2 is 1.68 bits per heavy atom. The topological polar surface area (TPSA) is 93.0 Å². The van der Waals surface area contributed by atoms with Gasteiger partial charge in [0.25, 0.3) is 11.8 Å². The number of hydrogen-bond acceptors (Lipinski definition) is 5. The van der Waals surface area contributed by atoms with Crippen molar-refractivity contribution in [3.63, 3.8) is 0 Å². The highest BCUT2D eigenvalue weighted by Gasteiger charge is 2.36. The molecule has 0 unspecified atom stereocenters. The van der Waals surface area contributed by atoms with Gasteiger partial charge in [-0.3, -0.25) is 14.6 Å². The Bertz CT molecular complexity index is 1670. The van der Waals surface area contributed by atoms with E-state index in [1.807, 2.05) is 30.3 Å². The first-order valence-electron chi connectivity index (χ1n) is 12.4. The van der Waals surface area contributed by atoms with Gasteiger partial charge in [-0.2, -0.15) is 18.3 Å². The Labute approximate surface area is 233 Å². The molecule has 0 fully saturated rings. The molecule has 0 aliphatic rings. The van der Waals surface area contributed by atoms with Crippen LogP contribution < -0.4 is 5.32 Å². The molecule has 8 nitrogen and oxygen atoms in total. The van der Waals surface area contributed by atoms with Crippen LogP contribution in [0.1, 0.15) is 32.0 Å². The number of halogens is 3. The normalized spacial score (nSPS) is 11.2. The lowest BCUT2D eigenvalue weighted by Crippen LogP contribution is -2.26. The number of aromatic nitrogens is 4. The highest BCUT2D eigenvalue weighted by atomic mass is 19.4. The van der Waals surface area contributed by atoms with Crippen molar-refractivity contribution in [2.24, 2.45) is 0 Å². The van der Waals surface area contributed by atoms with E-state index >= 15 is 0 Å². The van der Waals surface area contributed by atoms with Gasteiger partial charge in [0.05, 0.1) is 17.6 Å². The van der Waals surface area contributed by atoms with Crippen LogP contribution in [0.2, 0.25) is 0 Å². The molecule has 3 heterocycles.